The Morgan fingerprint density at radius 2 is 0.933 bits per heavy atom. The van der Waals surface area contributed by atoms with Gasteiger partial charge in [-0.1, -0.05) is 0 Å². The molecular formula is C24H44N4O2. The topological polar surface area (TPSA) is 82.3 Å². The minimum absolute atomic E-state index is 0.00891. The lowest BCUT2D eigenvalue weighted by Crippen LogP contribution is -2.52. The fourth-order valence-electron chi connectivity index (χ4n) is 6.38. The van der Waals surface area contributed by atoms with Gasteiger partial charge in [0, 0.05) is 34.2 Å². The Labute approximate surface area is 183 Å². The summed E-state index contributed by atoms with van der Waals surface area (Å²) < 4.78 is 0. The smallest absolute Gasteiger partial charge is 0.225 e. The van der Waals surface area contributed by atoms with Crippen LogP contribution in [0.25, 0.3) is 0 Å². The van der Waals surface area contributed by atoms with E-state index in [0.29, 0.717) is 0 Å². The van der Waals surface area contributed by atoms with Gasteiger partial charge in [0.25, 0.3) is 0 Å². The average molecular weight is 421 g/mol. The van der Waals surface area contributed by atoms with E-state index < -0.39 is 0 Å². The normalized spacial score (nSPS) is 36.3. The number of rotatable bonds is 4. The maximum atomic E-state index is 13.0. The Hall–Kier alpha value is -1.14. The average Bonchev–Trinajstić information content (AvgIpc) is 2.94. The molecule has 3 aliphatic rings. The van der Waals surface area contributed by atoms with Crippen LogP contribution in [0.2, 0.25) is 0 Å². The minimum Gasteiger partial charge on any atom is -0.353 e. The van der Waals surface area contributed by atoms with Gasteiger partial charge in [0.15, 0.2) is 0 Å². The molecule has 0 spiro atoms. The van der Waals surface area contributed by atoms with Gasteiger partial charge >= 0.3 is 0 Å². The molecule has 172 valence electrons. The molecule has 4 N–H and O–H groups in total. The molecule has 0 aromatic rings. The van der Waals surface area contributed by atoms with Gasteiger partial charge in [0.1, 0.15) is 0 Å². The lowest BCUT2D eigenvalue weighted by atomic mass is 9.84. The molecule has 3 fully saturated rings. The van der Waals surface area contributed by atoms with E-state index in [-0.39, 0.29) is 57.9 Å². The predicted octanol–water partition coefficient (Wildman–Crippen LogP) is 2.86. The van der Waals surface area contributed by atoms with E-state index in [4.69, 9.17) is 0 Å². The molecule has 2 atom stereocenters. The van der Waals surface area contributed by atoms with E-state index in [1.165, 1.54) is 0 Å². The summed E-state index contributed by atoms with van der Waals surface area (Å²) >= 11 is 0. The molecule has 30 heavy (non-hydrogen) atoms. The fourth-order valence-corrected chi connectivity index (χ4v) is 6.38. The molecule has 2 heterocycles. The lowest BCUT2D eigenvalue weighted by Gasteiger charge is -2.34. The van der Waals surface area contributed by atoms with Gasteiger partial charge in [0.2, 0.25) is 11.8 Å². The van der Waals surface area contributed by atoms with Crippen LogP contribution < -0.4 is 21.3 Å². The third kappa shape index (κ3) is 5.18. The van der Waals surface area contributed by atoms with Crippen molar-refractivity contribution in [2.24, 2.45) is 11.8 Å². The van der Waals surface area contributed by atoms with Crippen LogP contribution in [0, 0.1) is 11.8 Å². The van der Waals surface area contributed by atoms with E-state index >= 15 is 0 Å². The first kappa shape index (κ1) is 23.5. The maximum Gasteiger partial charge on any atom is 0.225 e. The van der Waals surface area contributed by atoms with Crippen molar-refractivity contribution in [1.29, 1.82) is 0 Å². The predicted molar refractivity (Wildman–Crippen MR) is 121 cm³/mol. The number of amides is 2. The van der Waals surface area contributed by atoms with Gasteiger partial charge in [-0.3, -0.25) is 9.59 Å². The molecule has 1 aliphatic carbocycles. The van der Waals surface area contributed by atoms with Crippen molar-refractivity contribution in [3.63, 3.8) is 0 Å². The molecule has 2 aliphatic heterocycles. The molecule has 2 saturated heterocycles. The van der Waals surface area contributed by atoms with E-state index in [2.05, 4.69) is 76.7 Å². The summed E-state index contributed by atoms with van der Waals surface area (Å²) in [4.78, 5) is 25.9. The van der Waals surface area contributed by atoms with Crippen molar-refractivity contribution in [3.8, 4) is 0 Å². The number of hydrogen-bond donors (Lipinski definition) is 4. The summed E-state index contributed by atoms with van der Waals surface area (Å²) in [6.07, 6.45) is 5.44. The summed E-state index contributed by atoms with van der Waals surface area (Å²) in [5.74, 6) is 0.328. The number of carbonyl (C=O) groups is 2. The largest absolute Gasteiger partial charge is 0.353 e. The molecular weight excluding hydrogens is 376 g/mol. The molecule has 3 rings (SSSR count). The van der Waals surface area contributed by atoms with E-state index in [1.807, 2.05) is 0 Å². The zero-order chi connectivity index (χ0) is 22.5. The monoisotopic (exact) mass is 420 g/mol. The van der Waals surface area contributed by atoms with Crippen LogP contribution in [0.4, 0.5) is 0 Å². The third-order valence-electron chi connectivity index (χ3n) is 7.55. The summed E-state index contributed by atoms with van der Waals surface area (Å²) in [5.41, 5.74) is -0.390. The first-order valence-electron chi connectivity index (χ1n) is 11.8. The Morgan fingerprint density at radius 3 is 1.17 bits per heavy atom. The van der Waals surface area contributed by atoms with Gasteiger partial charge in [-0.2, -0.15) is 0 Å². The summed E-state index contributed by atoms with van der Waals surface area (Å²) in [6, 6.07) is 0.433. The number of hydrogen-bond acceptors (Lipinski definition) is 4. The van der Waals surface area contributed by atoms with Crippen LogP contribution in [-0.4, -0.2) is 46.1 Å². The molecule has 6 heteroatoms. The fraction of sp³-hybridized carbons (Fsp3) is 0.917. The Morgan fingerprint density at radius 1 is 0.633 bits per heavy atom. The van der Waals surface area contributed by atoms with Crippen molar-refractivity contribution in [1.82, 2.24) is 21.3 Å². The highest BCUT2D eigenvalue weighted by Gasteiger charge is 2.49. The standard InChI is InChI=1S/C24H44N4O2/c1-21(2)13-17(23(5,6)27-21)19(29)25-15-9-11-16(12-10-15)26-20(30)18-14-22(3,4)28-24(18,7)8/h15-18,27-28H,9-14H2,1-8H3,(H,25,29)(H,26,30). The van der Waals surface area contributed by atoms with Crippen LogP contribution in [-0.2, 0) is 9.59 Å². The second kappa shape index (κ2) is 7.77. The zero-order valence-corrected chi connectivity index (χ0v) is 20.4. The Kier molecular flexibility index (Phi) is 6.09. The molecule has 0 aromatic carbocycles. The van der Waals surface area contributed by atoms with Crippen molar-refractivity contribution < 1.29 is 9.59 Å². The summed E-state index contributed by atoms with van der Waals surface area (Å²) in [6.45, 7) is 17.2. The molecule has 2 amide bonds. The minimum atomic E-state index is -0.186. The van der Waals surface area contributed by atoms with Crippen LogP contribution in [0.5, 0.6) is 0 Å². The summed E-state index contributed by atoms with van der Waals surface area (Å²) in [7, 11) is 0. The van der Waals surface area contributed by atoms with Gasteiger partial charge < -0.3 is 21.3 Å². The third-order valence-corrected chi connectivity index (χ3v) is 7.55. The zero-order valence-electron chi connectivity index (χ0n) is 20.4. The highest BCUT2D eigenvalue weighted by atomic mass is 16.2. The van der Waals surface area contributed by atoms with Crippen LogP contribution >= 0.6 is 0 Å². The quantitative estimate of drug-likeness (QED) is 0.564. The Bertz CT molecular complexity index is 617. The molecule has 0 aromatic heterocycles. The van der Waals surface area contributed by atoms with Gasteiger partial charge in [-0.15, -0.1) is 0 Å². The van der Waals surface area contributed by atoms with Gasteiger partial charge in [-0.25, -0.2) is 0 Å². The van der Waals surface area contributed by atoms with Crippen molar-refractivity contribution >= 4 is 11.8 Å². The number of carbonyl (C=O) groups excluding carboxylic acids is 2. The van der Waals surface area contributed by atoms with Crippen molar-refractivity contribution in [2.45, 2.75) is 128 Å². The van der Waals surface area contributed by atoms with Crippen molar-refractivity contribution in [3.05, 3.63) is 0 Å². The van der Waals surface area contributed by atoms with E-state index in [1.54, 1.807) is 0 Å². The van der Waals surface area contributed by atoms with E-state index in [9.17, 15) is 9.59 Å². The first-order valence-corrected chi connectivity index (χ1v) is 11.8. The molecule has 0 bridgehead atoms. The van der Waals surface area contributed by atoms with Gasteiger partial charge in [-0.05, 0) is 93.9 Å². The number of nitrogens with one attached hydrogen (secondary N) is 4. The molecule has 6 nitrogen and oxygen atoms in total. The van der Waals surface area contributed by atoms with Crippen LogP contribution in [0.1, 0.15) is 93.9 Å². The second-order valence-corrected chi connectivity index (χ2v) is 12.5. The van der Waals surface area contributed by atoms with Gasteiger partial charge in [0.05, 0.1) is 11.8 Å². The molecule has 2 unspecified atom stereocenters. The van der Waals surface area contributed by atoms with Crippen LogP contribution in [0.15, 0.2) is 0 Å². The maximum absolute atomic E-state index is 13.0. The lowest BCUT2D eigenvalue weighted by molar-refractivity contribution is -0.129. The Balaban J connectivity index is 1.47. The highest BCUT2D eigenvalue weighted by Crippen LogP contribution is 2.37. The molecule has 0 radical (unpaired) electrons. The second-order valence-electron chi connectivity index (χ2n) is 12.5. The van der Waals surface area contributed by atoms with E-state index in [0.717, 1.165) is 38.5 Å². The van der Waals surface area contributed by atoms with Crippen molar-refractivity contribution in [2.75, 3.05) is 0 Å². The first-order chi connectivity index (χ1) is 13.6. The highest BCUT2D eigenvalue weighted by molar-refractivity contribution is 5.81. The molecule has 1 saturated carbocycles. The SMILES string of the molecule is CC1(C)CC(C(=O)NC2CCC(NC(=O)C3CC(C)(C)NC3(C)C)CC2)C(C)(C)N1. The van der Waals surface area contributed by atoms with Crippen LogP contribution in [0.3, 0.4) is 0 Å². The summed E-state index contributed by atoms with van der Waals surface area (Å²) in [5, 5.41) is 13.8.